The molecule has 0 radical (unpaired) electrons. The standard InChI is InChI=1S/C9H18O4/c1-2-13-9(12)6-8(7-11)4-3-5-10/h8,10-11H,2-7H2,1H3. The second-order valence-corrected chi connectivity index (χ2v) is 2.92. The summed E-state index contributed by atoms with van der Waals surface area (Å²) in [7, 11) is 0. The Hall–Kier alpha value is -0.610. The van der Waals surface area contributed by atoms with Crippen molar-refractivity contribution in [2.45, 2.75) is 26.2 Å². The minimum Gasteiger partial charge on any atom is -0.466 e. The van der Waals surface area contributed by atoms with E-state index in [0.717, 1.165) is 0 Å². The summed E-state index contributed by atoms with van der Waals surface area (Å²) in [5.41, 5.74) is 0. The zero-order chi connectivity index (χ0) is 10.1. The average molecular weight is 190 g/mol. The highest BCUT2D eigenvalue weighted by atomic mass is 16.5. The summed E-state index contributed by atoms with van der Waals surface area (Å²) in [5.74, 6) is -0.356. The van der Waals surface area contributed by atoms with E-state index in [2.05, 4.69) is 0 Å². The first-order chi connectivity index (χ1) is 6.24. The zero-order valence-corrected chi connectivity index (χ0v) is 8.03. The number of ether oxygens (including phenoxy) is 1. The van der Waals surface area contributed by atoms with Crippen molar-refractivity contribution in [2.75, 3.05) is 19.8 Å². The monoisotopic (exact) mass is 190 g/mol. The molecule has 0 heterocycles. The van der Waals surface area contributed by atoms with E-state index in [1.165, 1.54) is 0 Å². The molecule has 0 bridgehead atoms. The first-order valence-electron chi connectivity index (χ1n) is 4.61. The van der Waals surface area contributed by atoms with Crippen molar-refractivity contribution in [3.8, 4) is 0 Å². The van der Waals surface area contributed by atoms with Gasteiger partial charge in [0, 0.05) is 13.2 Å². The normalized spacial score (nSPS) is 12.5. The Morgan fingerprint density at radius 1 is 1.46 bits per heavy atom. The Labute approximate surface area is 78.5 Å². The molecule has 0 spiro atoms. The minimum absolute atomic E-state index is 0.0290. The Bertz CT molecular complexity index is 136. The molecule has 0 aromatic heterocycles. The summed E-state index contributed by atoms with van der Waals surface area (Å²) in [6, 6.07) is 0. The maximum absolute atomic E-state index is 11.0. The Balaban J connectivity index is 3.62. The lowest BCUT2D eigenvalue weighted by Crippen LogP contribution is -2.15. The maximum atomic E-state index is 11.0. The van der Waals surface area contributed by atoms with Crippen LogP contribution in [-0.4, -0.2) is 36.0 Å². The molecule has 0 aliphatic rings. The van der Waals surface area contributed by atoms with E-state index in [1.807, 2.05) is 0 Å². The average Bonchev–Trinajstić information content (AvgIpc) is 2.12. The van der Waals surface area contributed by atoms with Crippen molar-refractivity contribution in [2.24, 2.45) is 5.92 Å². The van der Waals surface area contributed by atoms with Gasteiger partial charge in [-0.2, -0.15) is 0 Å². The summed E-state index contributed by atoms with van der Waals surface area (Å²) in [6.45, 7) is 2.19. The summed E-state index contributed by atoms with van der Waals surface area (Å²) >= 11 is 0. The first-order valence-corrected chi connectivity index (χ1v) is 4.61. The van der Waals surface area contributed by atoms with Gasteiger partial charge in [-0.25, -0.2) is 0 Å². The largest absolute Gasteiger partial charge is 0.466 e. The van der Waals surface area contributed by atoms with Gasteiger partial charge in [-0.3, -0.25) is 4.79 Å². The molecule has 13 heavy (non-hydrogen) atoms. The molecule has 78 valence electrons. The molecule has 4 nitrogen and oxygen atoms in total. The van der Waals surface area contributed by atoms with Gasteiger partial charge in [0.25, 0.3) is 0 Å². The molecule has 4 heteroatoms. The van der Waals surface area contributed by atoms with Crippen LogP contribution >= 0.6 is 0 Å². The van der Waals surface area contributed by atoms with Crippen LogP contribution in [0.3, 0.4) is 0 Å². The fourth-order valence-corrected chi connectivity index (χ4v) is 1.09. The molecule has 0 saturated heterocycles. The van der Waals surface area contributed by atoms with Crippen LogP contribution in [0.2, 0.25) is 0 Å². The third-order valence-electron chi connectivity index (χ3n) is 1.79. The van der Waals surface area contributed by atoms with Crippen molar-refractivity contribution in [3.63, 3.8) is 0 Å². The fourth-order valence-electron chi connectivity index (χ4n) is 1.09. The fraction of sp³-hybridized carbons (Fsp3) is 0.889. The summed E-state index contributed by atoms with van der Waals surface area (Å²) in [5, 5.41) is 17.4. The van der Waals surface area contributed by atoms with Gasteiger partial charge >= 0.3 is 5.97 Å². The Morgan fingerprint density at radius 3 is 2.62 bits per heavy atom. The molecule has 0 aliphatic heterocycles. The van der Waals surface area contributed by atoms with E-state index < -0.39 is 0 Å². The molecule has 0 rings (SSSR count). The molecular weight excluding hydrogens is 172 g/mol. The molecule has 0 fully saturated rings. The van der Waals surface area contributed by atoms with Crippen LogP contribution in [0.15, 0.2) is 0 Å². The number of carbonyl (C=O) groups is 1. The van der Waals surface area contributed by atoms with E-state index in [-0.39, 0.29) is 31.5 Å². The van der Waals surface area contributed by atoms with E-state index in [0.29, 0.717) is 19.4 Å². The predicted octanol–water partition coefficient (Wildman–Crippen LogP) is 0.321. The number of rotatable bonds is 7. The van der Waals surface area contributed by atoms with Crippen molar-refractivity contribution < 1.29 is 19.7 Å². The number of carbonyl (C=O) groups excluding carboxylic acids is 1. The van der Waals surface area contributed by atoms with Crippen LogP contribution in [0.25, 0.3) is 0 Å². The Morgan fingerprint density at radius 2 is 2.15 bits per heavy atom. The lowest BCUT2D eigenvalue weighted by atomic mass is 10.0. The quantitative estimate of drug-likeness (QED) is 0.567. The van der Waals surface area contributed by atoms with E-state index in [4.69, 9.17) is 14.9 Å². The summed E-state index contributed by atoms with van der Waals surface area (Å²) in [6.07, 6.45) is 1.51. The van der Waals surface area contributed by atoms with Crippen molar-refractivity contribution >= 4 is 5.97 Å². The van der Waals surface area contributed by atoms with E-state index in [9.17, 15) is 4.79 Å². The molecular formula is C9H18O4. The first kappa shape index (κ1) is 12.4. The molecule has 1 unspecified atom stereocenters. The van der Waals surface area contributed by atoms with Gasteiger partial charge in [0.15, 0.2) is 0 Å². The highest BCUT2D eigenvalue weighted by Gasteiger charge is 2.12. The van der Waals surface area contributed by atoms with Gasteiger partial charge in [-0.15, -0.1) is 0 Å². The number of hydrogen-bond acceptors (Lipinski definition) is 4. The van der Waals surface area contributed by atoms with Gasteiger partial charge in [0.1, 0.15) is 0 Å². The third-order valence-corrected chi connectivity index (χ3v) is 1.79. The molecule has 2 N–H and O–H groups in total. The number of esters is 1. The van der Waals surface area contributed by atoms with Gasteiger partial charge < -0.3 is 14.9 Å². The van der Waals surface area contributed by atoms with Crippen LogP contribution in [0.4, 0.5) is 0 Å². The van der Waals surface area contributed by atoms with Gasteiger partial charge in [-0.1, -0.05) is 0 Å². The molecule has 0 saturated carbocycles. The summed E-state index contributed by atoms with van der Waals surface area (Å²) in [4.78, 5) is 11.0. The number of hydrogen-bond donors (Lipinski definition) is 2. The molecule has 0 aromatic rings. The second-order valence-electron chi connectivity index (χ2n) is 2.92. The van der Waals surface area contributed by atoms with Crippen molar-refractivity contribution in [1.29, 1.82) is 0 Å². The van der Waals surface area contributed by atoms with Crippen LogP contribution in [0, 0.1) is 5.92 Å². The second kappa shape index (κ2) is 8.01. The van der Waals surface area contributed by atoms with Gasteiger partial charge in [-0.05, 0) is 25.7 Å². The third kappa shape index (κ3) is 6.54. The van der Waals surface area contributed by atoms with E-state index in [1.54, 1.807) is 6.92 Å². The highest BCUT2D eigenvalue weighted by molar-refractivity contribution is 5.69. The van der Waals surface area contributed by atoms with Gasteiger partial charge in [0.05, 0.1) is 13.0 Å². The highest BCUT2D eigenvalue weighted by Crippen LogP contribution is 2.10. The lowest BCUT2D eigenvalue weighted by Gasteiger charge is -2.11. The van der Waals surface area contributed by atoms with Crippen LogP contribution < -0.4 is 0 Å². The number of aliphatic hydroxyl groups excluding tert-OH is 2. The molecule has 0 aliphatic carbocycles. The van der Waals surface area contributed by atoms with Crippen molar-refractivity contribution in [1.82, 2.24) is 0 Å². The minimum atomic E-state index is -0.278. The van der Waals surface area contributed by atoms with Crippen LogP contribution in [-0.2, 0) is 9.53 Å². The topological polar surface area (TPSA) is 66.8 Å². The molecule has 0 aromatic carbocycles. The van der Waals surface area contributed by atoms with Crippen LogP contribution in [0.1, 0.15) is 26.2 Å². The van der Waals surface area contributed by atoms with E-state index >= 15 is 0 Å². The molecule has 0 amide bonds. The SMILES string of the molecule is CCOC(=O)CC(CO)CCCO. The zero-order valence-electron chi connectivity index (χ0n) is 8.03. The smallest absolute Gasteiger partial charge is 0.306 e. The number of aliphatic hydroxyl groups is 2. The summed E-state index contributed by atoms with van der Waals surface area (Å²) < 4.78 is 4.74. The Kier molecular flexibility index (Phi) is 7.63. The van der Waals surface area contributed by atoms with Crippen LogP contribution in [0.5, 0.6) is 0 Å². The van der Waals surface area contributed by atoms with Crippen molar-refractivity contribution in [3.05, 3.63) is 0 Å². The van der Waals surface area contributed by atoms with Gasteiger partial charge in [0.2, 0.25) is 0 Å². The predicted molar refractivity (Wildman–Crippen MR) is 48.1 cm³/mol. The molecule has 1 atom stereocenters. The lowest BCUT2D eigenvalue weighted by molar-refractivity contribution is -0.144. The maximum Gasteiger partial charge on any atom is 0.306 e.